The number of amides is 2. The van der Waals surface area contributed by atoms with Gasteiger partial charge < -0.3 is 26.0 Å². The zero-order valence-corrected chi connectivity index (χ0v) is 25.5. The maximum absolute atomic E-state index is 12.8. The molecule has 1 aromatic rings. The van der Waals surface area contributed by atoms with Crippen molar-refractivity contribution in [1.29, 1.82) is 0 Å². The van der Waals surface area contributed by atoms with Crippen molar-refractivity contribution in [2.24, 2.45) is 0 Å². The van der Waals surface area contributed by atoms with Crippen LogP contribution in [-0.2, 0) is 14.3 Å². The van der Waals surface area contributed by atoms with Gasteiger partial charge in [0.05, 0.1) is 23.3 Å². The maximum Gasteiger partial charge on any atom is 0.292 e. The van der Waals surface area contributed by atoms with Gasteiger partial charge in [-0.2, -0.15) is 0 Å². The van der Waals surface area contributed by atoms with Crippen LogP contribution in [0.5, 0.6) is 0 Å². The molecule has 0 radical (unpaired) electrons. The third kappa shape index (κ3) is 12.4. The third-order valence-electron chi connectivity index (χ3n) is 5.34. The highest BCUT2D eigenvalue weighted by Gasteiger charge is 2.18. The summed E-state index contributed by atoms with van der Waals surface area (Å²) in [5, 5.41) is 6.52. The molecule has 0 aromatic heterocycles. The molecule has 0 bridgehead atoms. The highest BCUT2D eigenvalue weighted by molar-refractivity contribution is 6.39. The number of allylic oxidation sites excluding steroid dienone is 6. The number of anilines is 2. The van der Waals surface area contributed by atoms with Crippen molar-refractivity contribution in [1.82, 2.24) is 10.6 Å². The lowest BCUT2D eigenvalue weighted by molar-refractivity contribution is -0.126. The summed E-state index contributed by atoms with van der Waals surface area (Å²) in [4.78, 5) is 36.3. The Morgan fingerprint density at radius 2 is 1.85 bits per heavy atom. The van der Waals surface area contributed by atoms with E-state index >= 15 is 0 Å². The standard InChI is InChI=1S/C26H32Cl2N4O2.C2H4O2.C2H4/c1-6-22(28)24(17(3)27)26(34)30-16(2)14-18-8-7-9-19(11-10-18)31-25(33)21-15-20(32(4)5)12-13-23(21)29;1-4-2-3;1-2/h6-7,9-13,15-16H,8,14,29H2,1-5H3,(H,30,34)(H,31,33);2H,1H3;1-2H2/b22-6+,24-17-;;. The van der Waals surface area contributed by atoms with Crippen LogP contribution in [0.1, 0.15) is 44.0 Å². The molecular formula is C30H40Cl2N4O4. The second kappa shape index (κ2) is 19.3. The Kier molecular flexibility index (Phi) is 17.5. The van der Waals surface area contributed by atoms with Crippen LogP contribution >= 0.6 is 23.2 Å². The van der Waals surface area contributed by atoms with Crippen molar-refractivity contribution in [3.63, 3.8) is 0 Å². The second-order valence-electron chi connectivity index (χ2n) is 8.63. The summed E-state index contributed by atoms with van der Waals surface area (Å²) in [5.41, 5.74) is 9.79. The third-order valence-corrected chi connectivity index (χ3v) is 5.93. The normalized spacial score (nSPS) is 13.8. The van der Waals surface area contributed by atoms with Crippen molar-refractivity contribution in [3.05, 3.63) is 94.2 Å². The predicted molar refractivity (Wildman–Crippen MR) is 167 cm³/mol. The Morgan fingerprint density at radius 3 is 2.38 bits per heavy atom. The van der Waals surface area contributed by atoms with Gasteiger partial charge in [-0.3, -0.25) is 14.4 Å². The molecule has 0 aliphatic heterocycles. The highest BCUT2D eigenvalue weighted by Crippen LogP contribution is 2.23. The molecule has 0 fully saturated rings. The molecule has 1 aromatic carbocycles. The van der Waals surface area contributed by atoms with Crippen LogP contribution in [0, 0.1) is 0 Å². The molecule has 1 aliphatic carbocycles. The summed E-state index contributed by atoms with van der Waals surface area (Å²) < 4.78 is 3.86. The van der Waals surface area contributed by atoms with Crippen LogP contribution < -0.4 is 21.3 Å². The van der Waals surface area contributed by atoms with E-state index in [2.05, 4.69) is 28.5 Å². The molecule has 1 unspecified atom stereocenters. The van der Waals surface area contributed by atoms with Crippen LogP contribution in [0.25, 0.3) is 0 Å². The molecule has 2 rings (SSSR count). The average molecular weight is 592 g/mol. The van der Waals surface area contributed by atoms with E-state index in [0.717, 1.165) is 11.3 Å². The van der Waals surface area contributed by atoms with E-state index in [9.17, 15) is 9.59 Å². The maximum atomic E-state index is 12.8. The Labute approximate surface area is 247 Å². The quantitative estimate of drug-likeness (QED) is 0.107. The summed E-state index contributed by atoms with van der Waals surface area (Å²) in [6.45, 7) is 11.7. The van der Waals surface area contributed by atoms with Crippen LogP contribution in [0.15, 0.2) is 88.6 Å². The van der Waals surface area contributed by atoms with Gasteiger partial charge in [-0.15, -0.1) is 13.2 Å². The van der Waals surface area contributed by atoms with Gasteiger partial charge in [-0.25, -0.2) is 0 Å². The number of benzene rings is 1. The van der Waals surface area contributed by atoms with Gasteiger partial charge in [-0.1, -0.05) is 47.0 Å². The predicted octanol–water partition coefficient (Wildman–Crippen LogP) is 5.98. The molecule has 0 heterocycles. The first-order chi connectivity index (χ1) is 18.9. The number of nitrogens with zero attached hydrogens (tertiary/aromatic N) is 1. The van der Waals surface area contributed by atoms with Gasteiger partial charge >= 0.3 is 0 Å². The smallest absolute Gasteiger partial charge is 0.292 e. The van der Waals surface area contributed by atoms with Crippen molar-refractivity contribution in [2.75, 3.05) is 31.8 Å². The fourth-order valence-corrected chi connectivity index (χ4v) is 3.90. The van der Waals surface area contributed by atoms with Crippen molar-refractivity contribution in [3.8, 4) is 0 Å². The number of nitrogen functional groups attached to an aromatic ring is 1. The number of rotatable bonds is 9. The van der Waals surface area contributed by atoms with Gasteiger partial charge in [-0.05, 0) is 64.0 Å². The van der Waals surface area contributed by atoms with E-state index in [1.165, 1.54) is 7.11 Å². The lowest BCUT2D eigenvalue weighted by Crippen LogP contribution is -2.34. The number of carbonyl (C=O) groups is 3. The number of halogens is 2. The van der Waals surface area contributed by atoms with Gasteiger partial charge in [0.15, 0.2) is 0 Å². The molecule has 10 heteroatoms. The molecule has 1 atom stereocenters. The second-order valence-corrected chi connectivity index (χ2v) is 9.60. The number of nitrogens with two attached hydrogens (primary N) is 1. The topological polar surface area (TPSA) is 114 Å². The van der Waals surface area contributed by atoms with Crippen LogP contribution in [0.2, 0.25) is 0 Å². The van der Waals surface area contributed by atoms with E-state index in [1.54, 1.807) is 32.1 Å². The minimum Gasteiger partial charge on any atom is -0.471 e. The molecule has 218 valence electrons. The van der Waals surface area contributed by atoms with E-state index in [-0.39, 0.29) is 23.4 Å². The van der Waals surface area contributed by atoms with E-state index in [0.29, 0.717) is 46.3 Å². The monoisotopic (exact) mass is 590 g/mol. The summed E-state index contributed by atoms with van der Waals surface area (Å²) >= 11 is 12.2. The van der Waals surface area contributed by atoms with Gasteiger partial charge in [0, 0.05) is 42.2 Å². The molecular weight excluding hydrogens is 551 g/mol. The first kappa shape index (κ1) is 36.2. The molecule has 0 saturated heterocycles. The van der Waals surface area contributed by atoms with Crippen LogP contribution in [0.3, 0.4) is 0 Å². The zero-order valence-electron chi connectivity index (χ0n) is 24.0. The van der Waals surface area contributed by atoms with Gasteiger partial charge in [0.2, 0.25) is 0 Å². The fraction of sp³-hybridized carbons (Fsp3) is 0.300. The number of hydrogen-bond donors (Lipinski definition) is 3. The molecule has 40 heavy (non-hydrogen) atoms. The zero-order chi connectivity index (χ0) is 30.8. The van der Waals surface area contributed by atoms with E-state index in [1.807, 2.05) is 56.3 Å². The lowest BCUT2D eigenvalue weighted by Gasteiger charge is -2.17. The fourth-order valence-electron chi connectivity index (χ4n) is 3.43. The molecule has 0 spiro atoms. The highest BCUT2D eigenvalue weighted by atomic mass is 35.5. The molecule has 2 amide bonds. The van der Waals surface area contributed by atoms with Crippen molar-refractivity contribution < 1.29 is 19.1 Å². The number of nitrogens with one attached hydrogen (secondary N) is 2. The summed E-state index contributed by atoms with van der Waals surface area (Å²) in [7, 11) is 5.12. The van der Waals surface area contributed by atoms with Gasteiger partial charge in [0.1, 0.15) is 0 Å². The summed E-state index contributed by atoms with van der Waals surface area (Å²) in [5.74, 6) is -0.583. The van der Waals surface area contributed by atoms with Crippen molar-refractivity contribution in [2.45, 2.75) is 39.7 Å². The van der Waals surface area contributed by atoms with E-state index < -0.39 is 0 Å². The first-order valence-corrected chi connectivity index (χ1v) is 13.1. The summed E-state index contributed by atoms with van der Waals surface area (Å²) in [6.07, 6.45) is 10.6. The largest absolute Gasteiger partial charge is 0.471 e. The average Bonchev–Trinajstić information content (AvgIpc) is 3.14. The number of methoxy groups -OCH3 is 1. The number of ether oxygens (including phenoxy) is 1. The van der Waals surface area contributed by atoms with Gasteiger partial charge in [0.25, 0.3) is 18.3 Å². The molecule has 0 saturated carbocycles. The van der Waals surface area contributed by atoms with Crippen LogP contribution in [0.4, 0.5) is 11.4 Å². The Balaban J connectivity index is 0.00000232. The Hall–Kier alpha value is -3.75. The Morgan fingerprint density at radius 1 is 1.23 bits per heavy atom. The minimum atomic E-state index is -0.311. The molecule has 8 nitrogen and oxygen atoms in total. The van der Waals surface area contributed by atoms with E-state index in [4.69, 9.17) is 33.7 Å². The van der Waals surface area contributed by atoms with Crippen molar-refractivity contribution >= 4 is 52.9 Å². The van der Waals surface area contributed by atoms with Crippen LogP contribution in [-0.4, -0.2) is 45.5 Å². The Bertz CT molecular complexity index is 1180. The summed E-state index contributed by atoms with van der Waals surface area (Å²) in [6, 6.07) is 5.22. The molecule has 4 N–H and O–H groups in total. The lowest BCUT2D eigenvalue weighted by atomic mass is 10.0. The minimum absolute atomic E-state index is 0.141. The number of hydrogen-bond acceptors (Lipinski definition) is 6. The molecule has 1 aliphatic rings. The first-order valence-electron chi connectivity index (χ1n) is 12.3. The number of carbonyl (C=O) groups excluding carboxylic acids is 3. The SMILES string of the molecule is C/C=C(Cl)\C(C(=O)NC(C)CC1=CC=C(NC(=O)c2cc(N(C)C)ccc2N)C=CC1)=C(/C)Cl.C=C.COC=O.